The fraction of sp³-hybridized carbons (Fsp3) is 0.429. The first kappa shape index (κ1) is 20.9. The van der Waals surface area contributed by atoms with Crippen molar-refractivity contribution >= 4 is 26.0 Å². The summed E-state index contributed by atoms with van der Waals surface area (Å²) in [6.07, 6.45) is -2.24. The van der Waals surface area contributed by atoms with Crippen molar-refractivity contribution in [2.75, 3.05) is 0 Å². The van der Waals surface area contributed by atoms with Gasteiger partial charge in [0.25, 0.3) is 0 Å². The highest BCUT2D eigenvalue weighted by Crippen LogP contribution is 2.46. The van der Waals surface area contributed by atoms with Crippen molar-refractivity contribution in [3.63, 3.8) is 0 Å². The van der Waals surface area contributed by atoms with Gasteiger partial charge in [-0.25, -0.2) is 8.42 Å². The quantitative estimate of drug-likeness (QED) is 0.510. The van der Waals surface area contributed by atoms with Gasteiger partial charge in [-0.1, -0.05) is 28.1 Å². The minimum absolute atomic E-state index is 0.210. The lowest BCUT2D eigenvalue weighted by atomic mass is 10.00. The third-order valence-corrected chi connectivity index (χ3v) is 8.89. The third kappa shape index (κ3) is 3.43. The zero-order valence-corrected chi connectivity index (χ0v) is 18.5. The molecule has 0 amide bonds. The Morgan fingerprint density at radius 1 is 1.10 bits per heavy atom. The number of alkyl halides is 3. The molecule has 1 aliphatic carbocycles. The first-order chi connectivity index (χ1) is 13.5. The summed E-state index contributed by atoms with van der Waals surface area (Å²) in [5, 5.41) is 0. The van der Waals surface area contributed by atoms with Gasteiger partial charge in [0.05, 0.1) is 16.5 Å². The molecule has 1 unspecified atom stereocenters. The minimum atomic E-state index is -4.59. The molecule has 2 aliphatic rings. The largest absolute Gasteiger partial charge is 0.416 e. The van der Waals surface area contributed by atoms with Crippen molar-refractivity contribution in [3.8, 4) is 0 Å². The molecule has 29 heavy (non-hydrogen) atoms. The van der Waals surface area contributed by atoms with Crippen LogP contribution in [-0.2, 0) is 29.0 Å². The summed E-state index contributed by atoms with van der Waals surface area (Å²) < 4.78 is 69.5. The number of nitrogens with zero attached hydrogens (tertiary/aromatic N) is 1. The summed E-state index contributed by atoms with van der Waals surface area (Å²) in [4.78, 5) is -0.210. The van der Waals surface area contributed by atoms with Crippen LogP contribution in [0.25, 0.3) is 0 Å². The van der Waals surface area contributed by atoms with E-state index < -0.39 is 21.8 Å². The molecule has 156 valence electrons. The van der Waals surface area contributed by atoms with Crippen molar-refractivity contribution in [1.29, 1.82) is 0 Å². The van der Waals surface area contributed by atoms with Gasteiger partial charge < -0.3 is 0 Å². The average Bonchev–Trinajstić information content (AvgIpc) is 3.04. The molecule has 1 heterocycles. The Labute approximate surface area is 177 Å². The topological polar surface area (TPSA) is 37.4 Å². The van der Waals surface area contributed by atoms with E-state index in [1.54, 1.807) is 0 Å². The molecule has 3 nitrogen and oxygen atoms in total. The van der Waals surface area contributed by atoms with E-state index in [0.29, 0.717) is 24.8 Å². The number of hydrogen-bond donors (Lipinski definition) is 0. The molecule has 4 rings (SSSR count). The summed E-state index contributed by atoms with van der Waals surface area (Å²) in [5.41, 5.74) is 2.59. The molecule has 0 saturated carbocycles. The number of benzene rings is 2. The molecule has 2 aromatic carbocycles. The fourth-order valence-corrected chi connectivity index (χ4v) is 7.32. The SMILES string of the molecule is Cc1ccc(Br)c2c1C(N1[C@@H](C)CCc3ccc(C(F)(F)F)cc3S1(=O)=O)CC2. The second-order valence-corrected chi connectivity index (χ2v) is 10.5. The normalized spacial score (nSPS) is 24.1. The molecule has 8 heteroatoms. The molecule has 0 fully saturated rings. The van der Waals surface area contributed by atoms with E-state index in [1.165, 1.54) is 10.4 Å². The molecule has 1 aliphatic heterocycles. The van der Waals surface area contributed by atoms with Crippen molar-refractivity contribution in [2.24, 2.45) is 0 Å². The Morgan fingerprint density at radius 2 is 1.83 bits per heavy atom. The van der Waals surface area contributed by atoms with E-state index in [-0.39, 0.29) is 17.0 Å². The van der Waals surface area contributed by atoms with E-state index in [4.69, 9.17) is 0 Å². The lowest BCUT2D eigenvalue weighted by Crippen LogP contribution is -2.40. The summed E-state index contributed by atoms with van der Waals surface area (Å²) in [6.45, 7) is 3.80. The van der Waals surface area contributed by atoms with Crippen LogP contribution in [0.4, 0.5) is 13.2 Å². The first-order valence-corrected chi connectivity index (χ1v) is 11.8. The van der Waals surface area contributed by atoms with Gasteiger partial charge in [-0.2, -0.15) is 17.5 Å². The molecule has 0 saturated heterocycles. The molecular weight excluding hydrogens is 467 g/mol. The average molecular weight is 488 g/mol. The number of halogens is 4. The van der Waals surface area contributed by atoms with Crippen LogP contribution in [0.3, 0.4) is 0 Å². The van der Waals surface area contributed by atoms with Crippen molar-refractivity contribution in [2.45, 2.75) is 62.7 Å². The Bertz CT molecular complexity index is 1080. The van der Waals surface area contributed by atoms with E-state index in [1.807, 2.05) is 26.0 Å². The van der Waals surface area contributed by atoms with Crippen LogP contribution >= 0.6 is 15.9 Å². The zero-order chi connectivity index (χ0) is 21.1. The van der Waals surface area contributed by atoms with Gasteiger partial charge in [0.15, 0.2) is 0 Å². The van der Waals surface area contributed by atoms with Gasteiger partial charge >= 0.3 is 6.18 Å². The highest BCUT2D eigenvalue weighted by atomic mass is 79.9. The maximum Gasteiger partial charge on any atom is 0.416 e. The molecule has 0 radical (unpaired) electrons. The fourth-order valence-electron chi connectivity index (χ4n) is 4.65. The van der Waals surface area contributed by atoms with Crippen LogP contribution in [0.15, 0.2) is 39.7 Å². The van der Waals surface area contributed by atoms with Gasteiger partial charge in [-0.05, 0) is 80.0 Å². The van der Waals surface area contributed by atoms with Gasteiger partial charge in [0.1, 0.15) is 0 Å². The number of rotatable bonds is 1. The molecule has 0 bridgehead atoms. The van der Waals surface area contributed by atoms with Crippen LogP contribution in [0.2, 0.25) is 0 Å². The third-order valence-electron chi connectivity index (χ3n) is 6.04. The number of hydrogen-bond acceptors (Lipinski definition) is 2. The molecule has 0 aromatic heterocycles. The predicted molar refractivity (Wildman–Crippen MR) is 108 cm³/mol. The second-order valence-electron chi connectivity index (χ2n) is 7.85. The maximum absolute atomic E-state index is 13.7. The van der Waals surface area contributed by atoms with E-state index in [9.17, 15) is 21.6 Å². The van der Waals surface area contributed by atoms with Gasteiger partial charge in [-0.15, -0.1) is 0 Å². The highest BCUT2D eigenvalue weighted by Gasteiger charge is 2.43. The van der Waals surface area contributed by atoms with Gasteiger partial charge in [-0.3, -0.25) is 0 Å². The zero-order valence-electron chi connectivity index (χ0n) is 16.1. The van der Waals surface area contributed by atoms with Crippen LogP contribution < -0.4 is 0 Å². The highest BCUT2D eigenvalue weighted by molar-refractivity contribution is 9.10. The molecule has 0 spiro atoms. The van der Waals surface area contributed by atoms with E-state index in [0.717, 1.165) is 39.7 Å². The molecule has 2 aromatic rings. The summed E-state index contributed by atoms with van der Waals surface area (Å²) in [5.74, 6) is 0. The minimum Gasteiger partial charge on any atom is -0.207 e. The summed E-state index contributed by atoms with van der Waals surface area (Å²) in [7, 11) is -4.09. The molecule has 2 atom stereocenters. The number of fused-ring (bicyclic) bond motifs is 2. The Kier molecular flexibility index (Phi) is 5.11. The smallest absolute Gasteiger partial charge is 0.207 e. The van der Waals surface area contributed by atoms with Crippen LogP contribution in [0, 0.1) is 6.92 Å². The second kappa shape index (κ2) is 7.10. The summed E-state index contributed by atoms with van der Waals surface area (Å²) in [6, 6.07) is 6.32. The van der Waals surface area contributed by atoms with Gasteiger partial charge in [0.2, 0.25) is 10.0 Å². The van der Waals surface area contributed by atoms with Gasteiger partial charge in [0, 0.05) is 10.5 Å². The van der Waals surface area contributed by atoms with Crippen LogP contribution in [-0.4, -0.2) is 18.8 Å². The first-order valence-electron chi connectivity index (χ1n) is 9.53. The Morgan fingerprint density at radius 3 is 2.52 bits per heavy atom. The van der Waals surface area contributed by atoms with Crippen molar-refractivity contribution < 1.29 is 21.6 Å². The van der Waals surface area contributed by atoms with Crippen LogP contribution in [0.1, 0.15) is 53.6 Å². The number of aryl methyl sites for hydroxylation is 2. The molecular formula is C21H21BrF3NO2S. The Balaban J connectivity index is 1.88. The lowest BCUT2D eigenvalue weighted by molar-refractivity contribution is -0.137. The molecule has 0 N–H and O–H groups in total. The number of sulfonamides is 1. The van der Waals surface area contributed by atoms with Crippen LogP contribution in [0.5, 0.6) is 0 Å². The van der Waals surface area contributed by atoms with Crippen molar-refractivity contribution in [3.05, 3.63) is 62.6 Å². The van der Waals surface area contributed by atoms with Crippen molar-refractivity contribution in [1.82, 2.24) is 4.31 Å². The van der Waals surface area contributed by atoms with E-state index in [2.05, 4.69) is 15.9 Å². The lowest BCUT2D eigenvalue weighted by Gasteiger charge is -2.33. The monoisotopic (exact) mass is 487 g/mol. The summed E-state index contributed by atoms with van der Waals surface area (Å²) >= 11 is 3.56. The Hall–Kier alpha value is -1.38. The maximum atomic E-state index is 13.7. The predicted octanol–water partition coefficient (Wildman–Crippen LogP) is 5.79. The van der Waals surface area contributed by atoms with E-state index >= 15 is 0 Å². The standard InChI is InChI=1S/C21H21BrF3NO2S/c1-12-3-9-17(22)16-8-10-18(20(12)16)26-13(2)4-5-14-6-7-15(21(23,24)25)11-19(14)29(26,27)28/h3,6-7,9,11,13,18H,4-5,8,10H2,1-2H3/t13-,18?/m0/s1.